The Balaban J connectivity index is 2.84. The normalized spacial score (nSPS) is 13.1. The lowest BCUT2D eigenvalue weighted by molar-refractivity contribution is -0.129. The molecule has 0 aliphatic heterocycles. The molecule has 2 atom stereocenters. The Morgan fingerprint density at radius 3 is 2.19 bits per heavy atom. The summed E-state index contributed by atoms with van der Waals surface area (Å²) < 4.78 is 0. The van der Waals surface area contributed by atoms with E-state index in [1.54, 1.807) is 23.9 Å². The van der Waals surface area contributed by atoms with E-state index in [1.165, 1.54) is 6.92 Å². The molecule has 0 aliphatic carbocycles. The van der Waals surface area contributed by atoms with Crippen LogP contribution in [0.25, 0.3) is 0 Å². The zero-order valence-electron chi connectivity index (χ0n) is 16.8. The Labute approximate surface area is 166 Å². The van der Waals surface area contributed by atoms with Crippen molar-refractivity contribution in [3.8, 4) is 0 Å². The van der Waals surface area contributed by atoms with Crippen molar-refractivity contribution >= 4 is 29.4 Å². The highest BCUT2D eigenvalue weighted by molar-refractivity contribution is 7.98. The average Bonchev–Trinajstić information content (AvgIpc) is 2.63. The monoisotopic (exact) mass is 393 g/mol. The largest absolute Gasteiger partial charge is 0.344 e. The van der Waals surface area contributed by atoms with E-state index in [-0.39, 0.29) is 23.5 Å². The van der Waals surface area contributed by atoms with Gasteiger partial charge in [-0.25, -0.2) is 0 Å². The van der Waals surface area contributed by atoms with E-state index in [0.717, 1.165) is 17.9 Å². The van der Waals surface area contributed by atoms with Crippen LogP contribution in [0.15, 0.2) is 24.3 Å². The van der Waals surface area contributed by atoms with Crippen molar-refractivity contribution in [3.63, 3.8) is 0 Å². The van der Waals surface area contributed by atoms with Crippen molar-refractivity contribution in [1.82, 2.24) is 16.0 Å². The summed E-state index contributed by atoms with van der Waals surface area (Å²) in [7, 11) is 1.86. The van der Waals surface area contributed by atoms with Crippen molar-refractivity contribution < 1.29 is 14.4 Å². The number of thioether (sulfide) groups is 1. The minimum Gasteiger partial charge on any atom is -0.344 e. The smallest absolute Gasteiger partial charge is 0.251 e. The van der Waals surface area contributed by atoms with Crippen LogP contribution in [0.4, 0.5) is 0 Å². The molecule has 3 N–H and O–H groups in total. The second kappa shape index (κ2) is 11.8. The lowest BCUT2D eigenvalue weighted by Crippen LogP contribution is -2.52. The first-order valence-electron chi connectivity index (χ1n) is 9.14. The number of amides is 2. The molecule has 0 aromatic heterocycles. The molecular weight excluding hydrogens is 362 g/mol. The number of rotatable bonds is 11. The first kappa shape index (κ1) is 23.2. The van der Waals surface area contributed by atoms with Crippen molar-refractivity contribution in [2.75, 3.05) is 19.1 Å². The predicted molar refractivity (Wildman–Crippen MR) is 111 cm³/mol. The molecule has 1 rings (SSSR count). The van der Waals surface area contributed by atoms with Gasteiger partial charge in [-0.2, -0.15) is 11.8 Å². The summed E-state index contributed by atoms with van der Waals surface area (Å²) >= 11 is 1.60. The molecular formula is C20H31N3O3S. The van der Waals surface area contributed by atoms with Crippen LogP contribution in [0.3, 0.4) is 0 Å². The molecule has 0 saturated carbocycles. The third kappa shape index (κ3) is 7.72. The van der Waals surface area contributed by atoms with E-state index in [2.05, 4.69) is 16.0 Å². The molecule has 6 nitrogen and oxygen atoms in total. The Bertz CT molecular complexity index is 632. The SMILES string of the molecule is CNCc1ccc(C(=O)NC(CCSC)C(=O)NC(C(C)=O)C(C)C)cc1. The predicted octanol–water partition coefficient (Wildman–Crippen LogP) is 1.99. The van der Waals surface area contributed by atoms with Crippen LogP contribution in [0.1, 0.15) is 43.1 Å². The zero-order chi connectivity index (χ0) is 20.4. The van der Waals surface area contributed by atoms with E-state index in [9.17, 15) is 14.4 Å². The minimum absolute atomic E-state index is 0.0110. The van der Waals surface area contributed by atoms with Crippen molar-refractivity contribution in [3.05, 3.63) is 35.4 Å². The molecule has 0 fully saturated rings. The average molecular weight is 394 g/mol. The lowest BCUT2D eigenvalue weighted by Gasteiger charge is -2.24. The van der Waals surface area contributed by atoms with E-state index >= 15 is 0 Å². The fraction of sp³-hybridized carbons (Fsp3) is 0.550. The van der Waals surface area contributed by atoms with Gasteiger partial charge in [-0.15, -0.1) is 0 Å². The number of carbonyl (C=O) groups is 3. The molecule has 1 aromatic carbocycles. The molecule has 0 aliphatic rings. The fourth-order valence-corrected chi connectivity index (χ4v) is 3.19. The third-order valence-electron chi connectivity index (χ3n) is 4.23. The lowest BCUT2D eigenvalue weighted by atomic mass is 10.00. The standard InChI is InChI=1S/C20H31N3O3S/c1-13(2)18(14(3)24)23-20(26)17(10-11-27-5)22-19(25)16-8-6-15(7-9-16)12-21-4/h6-9,13,17-18,21H,10-12H2,1-5H3,(H,22,25)(H,23,26). The van der Waals surface area contributed by atoms with Crippen molar-refractivity contribution in [2.45, 2.75) is 45.8 Å². The molecule has 1 aromatic rings. The van der Waals surface area contributed by atoms with Gasteiger partial charge in [0, 0.05) is 12.1 Å². The number of Topliss-reactive ketones (excluding diaryl/α,β-unsaturated/α-hetero) is 1. The number of nitrogens with one attached hydrogen (secondary N) is 3. The first-order chi connectivity index (χ1) is 12.8. The van der Waals surface area contributed by atoms with E-state index < -0.39 is 12.1 Å². The maximum Gasteiger partial charge on any atom is 0.251 e. The third-order valence-corrected chi connectivity index (χ3v) is 4.88. The van der Waals surface area contributed by atoms with Gasteiger partial charge in [0.25, 0.3) is 5.91 Å². The summed E-state index contributed by atoms with van der Waals surface area (Å²) in [6, 6.07) is 6.03. The van der Waals surface area contributed by atoms with Crippen molar-refractivity contribution in [2.24, 2.45) is 5.92 Å². The van der Waals surface area contributed by atoms with E-state index in [4.69, 9.17) is 0 Å². The Morgan fingerprint density at radius 2 is 1.70 bits per heavy atom. The Hall–Kier alpha value is -1.86. The van der Waals surface area contributed by atoms with Crippen LogP contribution in [0, 0.1) is 5.92 Å². The highest BCUT2D eigenvalue weighted by Gasteiger charge is 2.26. The second-order valence-corrected chi connectivity index (χ2v) is 7.86. The second-order valence-electron chi connectivity index (χ2n) is 6.88. The van der Waals surface area contributed by atoms with Gasteiger partial charge >= 0.3 is 0 Å². The van der Waals surface area contributed by atoms with Gasteiger partial charge in [0.05, 0.1) is 6.04 Å². The summed E-state index contributed by atoms with van der Waals surface area (Å²) in [4.78, 5) is 37.0. The number of ketones is 1. The highest BCUT2D eigenvalue weighted by atomic mass is 32.2. The van der Waals surface area contributed by atoms with Gasteiger partial charge in [-0.3, -0.25) is 14.4 Å². The van der Waals surface area contributed by atoms with Crippen LogP contribution in [0.5, 0.6) is 0 Å². The minimum atomic E-state index is -0.678. The molecule has 0 bridgehead atoms. The summed E-state index contributed by atoms with van der Waals surface area (Å²) in [6.07, 6.45) is 2.45. The summed E-state index contributed by atoms with van der Waals surface area (Å²) in [5.74, 6) is 0.0112. The molecule has 7 heteroatoms. The topological polar surface area (TPSA) is 87.3 Å². The van der Waals surface area contributed by atoms with Crippen LogP contribution in [0.2, 0.25) is 0 Å². The molecule has 150 valence electrons. The van der Waals surface area contributed by atoms with E-state index in [0.29, 0.717) is 12.0 Å². The summed E-state index contributed by atoms with van der Waals surface area (Å²) in [5.41, 5.74) is 1.58. The van der Waals surface area contributed by atoms with Gasteiger partial charge in [-0.1, -0.05) is 26.0 Å². The van der Waals surface area contributed by atoms with Crippen molar-refractivity contribution in [1.29, 1.82) is 0 Å². The summed E-state index contributed by atoms with van der Waals surface area (Å²) in [5, 5.41) is 8.65. The Morgan fingerprint density at radius 1 is 1.07 bits per heavy atom. The van der Waals surface area contributed by atoms with Crippen LogP contribution < -0.4 is 16.0 Å². The number of carbonyl (C=O) groups excluding carboxylic acids is 3. The van der Waals surface area contributed by atoms with E-state index in [1.807, 2.05) is 39.3 Å². The van der Waals surface area contributed by atoms with Crippen LogP contribution >= 0.6 is 11.8 Å². The molecule has 0 spiro atoms. The zero-order valence-corrected chi connectivity index (χ0v) is 17.6. The number of hydrogen-bond donors (Lipinski definition) is 3. The molecule has 2 unspecified atom stereocenters. The maximum absolute atomic E-state index is 12.7. The number of benzene rings is 1. The van der Waals surface area contributed by atoms with Gasteiger partial charge in [0.15, 0.2) is 5.78 Å². The highest BCUT2D eigenvalue weighted by Crippen LogP contribution is 2.09. The quantitative estimate of drug-likeness (QED) is 0.535. The van der Waals surface area contributed by atoms with Gasteiger partial charge in [-0.05, 0) is 56.0 Å². The van der Waals surface area contributed by atoms with Crippen LogP contribution in [-0.2, 0) is 16.1 Å². The Kier molecular flexibility index (Phi) is 10.1. The first-order valence-corrected chi connectivity index (χ1v) is 10.5. The van der Waals surface area contributed by atoms with Crippen LogP contribution in [-0.4, -0.2) is 48.7 Å². The summed E-state index contributed by atoms with van der Waals surface area (Å²) in [6.45, 7) is 5.96. The molecule has 27 heavy (non-hydrogen) atoms. The molecule has 0 saturated heterocycles. The van der Waals surface area contributed by atoms with Gasteiger partial charge in [0.2, 0.25) is 5.91 Å². The van der Waals surface area contributed by atoms with Gasteiger partial charge in [0.1, 0.15) is 6.04 Å². The number of hydrogen-bond acceptors (Lipinski definition) is 5. The maximum atomic E-state index is 12.7. The fourth-order valence-electron chi connectivity index (χ4n) is 2.72. The molecule has 0 heterocycles. The molecule has 2 amide bonds. The van der Waals surface area contributed by atoms with Gasteiger partial charge < -0.3 is 16.0 Å². The molecule has 0 radical (unpaired) electrons.